The zero-order valence-electron chi connectivity index (χ0n) is 11.3. The van der Waals surface area contributed by atoms with Crippen molar-refractivity contribution in [3.05, 3.63) is 30.3 Å². The van der Waals surface area contributed by atoms with Gasteiger partial charge in [-0.1, -0.05) is 18.2 Å². The maximum atomic E-state index is 11.6. The summed E-state index contributed by atoms with van der Waals surface area (Å²) in [5.41, 5.74) is 5.10. The number of rotatable bonds is 7. The molecule has 0 spiro atoms. The summed E-state index contributed by atoms with van der Waals surface area (Å²) in [6.07, 6.45) is -0.199. The number of hydrogen-bond donors (Lipinski definition) is 5. The smallest absolute Gasteiger partial charge is 0.413 e. The highest BCUT2D eigenvalue weighted by atomic mass is 16.6. The molecule has 0 heterocycles. The molecule has 0 fully saturated rings. The first kappa shape index (κ1) is 16.3. The van der Waals surface area contributed by atoms with Crippen molar-refractivity contribution in [2.45, 2.75) is 18.9 Å². The van der Waals surface area contributed by atoms with Gasteiger partial charge >= 0.3 is 12.1 Å². The third-order valence-electron chi connectivity index (χ3n) is 2.53. The molecule has 0 radical (unpaired) electrons. The van der Waals surface area contributed by atoms with Gasteiger partial charge in [0.2, 0.25) is 0 Å². The number of ether oxygens (including phenoxy) is 1. The molecule has 1 rings (SSSR count). The van der Waals surface area contributed by atoms with Crippen LogP contribution in [-0.4, -0.2) is 35.7 Å². The molecule has 0 aliphatic heterocycles. The van der Waals surface area contributed by atoms with Gasteiger partial charge in [0.25, 0.3) is 0 Å². The fourth-order valence-corrected chi connectivity index (χ4v) is 1.55. The molecule has 0 unspecified atom stereocenters. The van der Waals surface area contributed by atoms with Crippen molar-refractivity contribution in [1.29, 1.82) is 5.41 Å². The van der Waals surface area contributed by atoms with Crippen LogP contribution in [0.5, 0.6) is 5.75 Å². The first-order chi connectivity index (χ1) is 9.99. The van der Waals surface area contributed by atoms with E-state index in [1.807, 2.05) is 0 Å². The topological polar surface area (TPSA) is 138 Å². The Balaban J connectivity index is 2.41. The quantitative estimate of drug-likeness (QED) is 0.282. The van der Waals surface area contributed by atoms with Crippen LogP contribution < -0.4 is 21.1 Å². The molecule has 8 nitrogen and oxygen atoms in total. The Morgan fingerprint density at radius 3 is 2.57 bits per heavy atom. The van der Waals surface area contributed by atoms with E-state index >= 15 is 0 Å². The predicted octanol–water partition coefficient (Wildman–Crippen LogP) is 0.491. The van der Waals surface area contributed by atoms with E-state index in [2.05, 4.69) is 10.6 Å². The lowest BCUT2D eigenvalue weighted by atomic mass is 10.1. The van der Waals surface area contributed by atoms with Crippen LogP contribution >= 0.6 is 0 Å². The van der Waals surface area contributed by atoms with Gasteiger partial charge in [-0.05, 0) is 25.0 Å². The Morgan fingerprint density at radius 2 is 2.00 bits per heavy atom. The maximum absolute atomic E-state index is 11.6. The number of carbonyl (C=O) groups is 2. The zero-order chi connectivity index (χ0) is 15.7. The summed E-state index contributed by atoms with van der Waals surface area (Å²) in [5, 5.41) is 20.8. The van der Waals surface area contributed by atoms with Crippen LogP contribution in [0.2, 0.25) is 0 Å². The standard InChI is InChI=1S/C13H18N4O4/c14-12(15)16-8-4-7-10(11(18)19)17-13(20)21-9-5-2-1-3-6-9/h1-3,5-6,10H,4,7-8H2,(H,17,20)(H,18,19)(H4,14,15,16)/t10-/m0/s1. The minimum atomic E-state index is -1.15. The van der Waals surface area contributed by atoms with Gasteiger partial charge in [0.1, 0.15) is 11.8 Å². The largest absolute Gasteiger partial charge is 0.480 e. The summed E-state index contributed by atoms with van der Waals surface area (Å²) >= 11 is 0. The third-order valence-corrected chi connectivity index (χ3v) is 2.53. The second-order valence-corrected chi connectivity index (χ2v) is 4.22. The highest BCUT2D eigenvalue weighted by Crippen LogP contribution is 2.08. The number of aliphatic carboxylic acids is 1. The summed E-state index contributed by atoms with van der Waals surface area (Å²) in [6, 6.07) is 7.29. The lowest BCUT2D eigenvalue weighted by Gasteiger charge is -2.14. The van der Waals surface area contributed by atoms with Crippen LogP contribution in [0.1, 0.15) is 12.8 Å². The number of para-hydroxylation sites is 1. The molecule has 0 aromatic heterocycles. The first-order valence-corrected chi connectivity index (χ1v) is 6.33. The first-order valence-electron chi connectivity index (χ1n) is 6.33. The minimum Gasteiger partial charge on any atom is -0.480 e. The molecule has 1 amide bonds. The summed E-state index contributed by atoms with van der Waals surface area (Å²) in [4.78, 5) is 22.7. The molecule has 0 saturated carbocycles. The molecule has 0 aliphatic rings. The molecule has 1 atom stereocenters. The molecule has 6 N–H and O–H groups in total. The third kappa shape index (κ3) is 6.81. The highest BCUT2D eigenvalue weighted by Gasteiger charge is 2.20. The van der Waals surface area contributed by atoms with Gasteiger partial charge in [-0.3, -0.25) is 5.41 Å². The fourth-order valence-electron chi connectivity index (χ4n) is 1.55. The monoisotopic (exact) mass is 294 g/mol. The lowest BCUT2D eigenvalue weighted by molar-refractivity contribution is -0.139. The van der Waals surface area contributed by atoms with Gasteiger partial charge in [-0.25, -0.2) is 9.59 Å². The van der Waals surface area contributed by atoms with E-state index in [0.717, 1.165) is 0 Å². The Kier molecular flexibility index (Phi) is 6.52. The molecule has 114 valence electrons. The molecule has 0 saturated heterocycles. The van der Waals surface area contributed by atoms with Gasteiger partial charge in [0, 0.05) is 6.54 Å². The van der Waals surface area contributed by atoms with E-state index in [4.69, 9.17) is 21.0 Å². The van der Waals surface area contributed by atoms with Gasteiger partial charge in [0.15, 0.2) is 5.96 Å². The number of amides is 1. The number of guanidine groups is 1. The fraction of sp³-hybridized carbons (Fsp3) is 0.308. The molecule has 21 heavy (non-hydrogen) atoms. The van der Waals surface area contributed by atoms with Crippen molar-refractivity contribution in [2.75, 3.05) is 6.54 Å². The number of hydrogen-bond acceptors (Lipinski definition) is 4. The average Bonchev–Trinajstić information content (AvgIpc) is 2.42. The normalized spacial score (nSPS) is 11.2. The van der Waals surface area contributed by atoms with Crippen LogP contribution in [0, 0.1) is 5.41 Å². The Hall–Kier alpha value is -2.77. The Bertz CT molecular complexity index is 492. The SMILES string of the molecule is N=C(N)NCCC[C@H](NC(=O)Oc1ccccc1)C(=O)O. The summed E-state index contributed by atoms with van der Waals surface area (Å²) < 4.78 is 4.96. The van der Waals surface area contributed by atoms with Crippen LogP contribution in [0.15, 0.2) is 30.3 Å². The molecule has 0 aliphatic carbocycles. The van der Waals surface area contributed by atoms with E-state index in [-0.39, 0.29) is 12.4 Å². The van der Waals surface area contributed by atoms with Crippen molar-refractivity contribution in [3.8, 4) is 5.75 Å². The average molecular weight is 294 g/mol. The Morgan fingerprint density at radius 1 is 1.33 bits per heavy atom. The number of nitrogens with two attached hydrogens (primary N) is 1. The molecular weight excluding hydrogens is 276 g/mol. The summed E-state index contributed by atoms with van der Waals surface area (Å²) in [5.74, 6) is -1.00. The predicted molar refractivity (Wildman–Crippen MR) is 76.2 cm³/mol. The number of benzene rings is 1. The van der Waals surface area contributed by atoms with Crippen molar-refractivity contribution in [2.24, 2.45) is 5.73 Å². The number of carbonyl (C=O) groups excluding carboxylic acids is 1. The summed E-state index contributed by atoms with van der Waals surface area (Å²) in [6.45, 7) is 0.356. The number of carboxylic acids is 1. The highest BCUT2D eigenvalue weighted by molar-refractivity contribution is 5.80. The van der Waals surface area contributed by atoms with Gasteiger partial charge < -0.3 is 26.2 Å². The van der Waals surface area contributed by atoms with Crippen molar-refractivity contribution in [1.82, 2.24) is 10.6 Å². The second kappa shape index (κ2) is 8.41. The maximum Gasteiger partial charge on any atom is 0.413 e. The Labute approximate surface area is 121 Å². The van der Waals surface area contributed by atoms with E-state index < -0.39 is 18.1 Å². The van der Waals surface area contributed by atoms with E-state index in [0.29, 0.717) is 18.7 Å². The van der Waals surface area contributed by atoms with Gasteiger partial charge in [-0.15, -0.1) is 0 Å². The number of carboxylic acid groups (broad SMARTS) is 1. The lowest BCUT2D eigenvalue weighted by Crippen LogP contribution is -2.42. The molecular formula is C13H18N4O4. The molecule has 8 heteroatoms. The molecule has 1 aromatic rings. The van der Waals surface area contributed by atoms with Crippen LogP contribution in [0.3, 0.4) is 0 Å². The van der Waals surface area contributed by atoms with Crippen molar-refractivity contribution >= 4 is 18.0 Å². The van der Waals surface area contributed by atoms with E-state index in [1.165, 1.54) is 0 Å². The second-order valence-electron chi connectivity index (χ2n) is 4.22. The van der Waals surface area contributed by atoms with Crippen LogP contribution in [-0.2, 0) is 4.79 Å². The molecule has 1 aromatic carbocycles. The van der Waals surface area contributed by atoms with Crippen LogP contribution in [0.4, 0.5) is 4.79 Å². The van der Waals surface area contributed by atoms with Crippen molar-refractivity contribution < 1.29 is 19.4 Å². The van der Waals surface area contributed by atoms with Crippen LogP contribution in [0.25, 0.3) is 0 Å². The van der Waals surface area contributed by atoms with E-state index in [1.54, 1.807) is 30.3 Å². The van der Waals surface area contributed by atoms with Gasteiger partial charge in [0.05, 0.1) is 0 Å². The number of nitrogens with one attached hydrogen (secondary N) is 3. The summed E-state index contributed by atoms with van der Waals surface area (Å²) in [7, 11) is 0. The van der Waals surface area contributed by atoms with Crippen molar-refractivity contribution in [3.63, 3.8) is 0 Å². The van der Waals surface area contributed by atoms with E-state index in [9.17, 15) is 9.59 Å². The zero-order valence-corrected chi connectivity index (χ0v) is 11.3. The van der Waals surface area contributed by atoms with Gasteiger partial charge in [-0.2, -0.15) is 0 Å². The minimum absolute atomic E-state index is 0.182. The molecule has 0 bridgehead atoms.